The molecule has 0 saturated carbocycles. The molecule has 5 rings (SSSR count). The number of carbonyl (C=O) groups is 2. The maximum absolute atomic E-state index is 15.5. The molecule has 1 aliphatic carbocycles. The number of ether oxygens (including phenoxy) is 3. The van der Waals surface area contributed by atoms with E-state index in [0.717, 1.165) is 20.8 Å². The van der Waals surface area contributed by atoms with Crippen LogP contribution < -0.4 is 15.4 Å². The van der Waals surface area contributed by atoms with Crippen molar-refractivity contribution in [3.63, 3.8) is 0 Å². The first-order valence-electron chi connectivity index (χ1n) is 13.7. The molecule has 8 nitrogen and oxygen atoms in total. The second-order valence-electron chi connectivity index (χ2n) is 10.4. The first-order valence-corrected chi connectivity index (χ1v) is 14.5. The highest BCUT2D eigenvalue weighted by Gasteiger charge is 2.53. The highest BCUT2D eigenvalue weighted by molar-refractivity contribution is 9.10. The fraction of sp³-hybridized carbons (Fsp3) is 0.467. The van der Waals surface area contributed by atoms with E-state index in [1.54, 1.807) is 19.1 Å². The molecule has 2 amide bonds. The van der Waals surface area contributed by atoms with Gasteiger partial charge in [-0.15, -0.1) is 12.4 Å². The van der Waals surface area contributed by atoms with Gasteiger partial charge in [-0.25, -0.2) is 4.39 Å². The zero-order valence-corrected chi connectivity index (χ0v) is 25.8. The van der Waals surface area contributed by atoms with Crippen molar-refractivity contribution in [1.82, 2.24) is 15.5 Å². The van der Waals surface area contributed by atoms with Crippen LogP contribution >= 0.6 is 28.3 Å². The number of rotatable bonds is 7. The number of amides is 2. The second kappa shape index (κ2) is 13.1. The molecule has 2 atom stereocenters. The quantitative estimate of drug-likeness (QED) is 0.423. The summed E-state index contributed by atoms with van der Waals surface area (Å²) in [5.74, 6) is -0.448. The Morgan fingerprint density at radius 1 is 1.27 bits per heavy atom. The minimum Gasteiger partial charge on any atom is -0.496 e. The Bertz CT molecular complexity index is 1370. The zero-order chi connectivity index (χ0) is 28.4. The third-order valence-electron chi connectivity index (χ3n) is 8.14. The van der Waals surface area contributed by atoms with E-state index in [9.17, 15) is 9.59 Å². The average molecular weight is 653 g/mol. The number of benzene rings is 2. The van der Waals surface area contributed by atoms with Gasteiger partial charge >= 0.3 is 0 Å². The van der Waals surface area contributed by atoms with Gasteiger partial charge in [-0.2, -0.15) is 0 Å². The minimum atomic E-state index is -1.15. The summed E-state index contributed by atoms with van der Waals surface area (Å²) in [6.07, 6.45) is 3.57. The first kappa shape index (κ1) is 31.3. The molecule has 1 fully saturated rings. The van der Waals surface area contributed by atoms with Gasteiger partial charge in [-0.05, 0) is 61.4 Å². The second-order valence-corrected chi connectivity index (χ2v) is 11.3. The molecule has 222 valence electrons. The van der Waals surface area contributed by atoms with E-state index in [2.05, 4.69) is 26.6 Å². The highest BCUT2D eigenvalue weighted by Crippen LogP contribution is 2.43. The Morgan fingerprint density at radius 2 is 2.02 bits per heavy atom. The highest BCUT2D eigenvalue weighted by atomic mass is 79.9. The van der Waals surface area contributed by atoms with Crippen LogP contribution in [-0.4, -0.2) is 61.8 Å². The summed E-state index contributed by atoms with van der Waals surface area (Å²) in [4.78, 5) is 29.6. The van der Waals surface area contributed by atoms with Crippen LogP contribution in [0.25, 0.3) is 10.8 Å². The lowest BCUT2D eigenvalue weighted by Gasteiger charge is -2.42. The van der Waals surface area contributed by atoms with E-state index >= 15 is 4.39 Å². The lowest BCUT2D eigenvalue weighted by molar-refractivity contribution is -0.149. The summed E-state index contributed by atoms with van der Waals surface area (Å²) >= 11 is 3.53. The van der Waals surface area contributed by atoms with Gasteiger partial charge in [0, 0.05) is 22.9 Å². The Balaban J connectivity index is 0.00000387. The van der Waals surface area contributed by atoms with Crippen LogP contribution in [0.4, 0.5) is 4.39 Å². The van der Waals surface area contributed by atoms with Crippen LogP contribution in [0.5, 0.6) is 5.75 Å². The third kappa shape index (κ3) is 5.98. The smallest absolute Gasteiger partial charge is 0.253 e. The van der Waals surface area contributed by atoms with Gasteiger partial charge in [0.15, 0.2) is 11.6 Å². The third-order valence-corrected chi connectivity index (χ3v) is 8.63. The topological polar surface area (TPSA) is 89.1 Å². The van der Waals surface area contributed by atoms with Crippen molar-refractivity contribution in [3.8, 4) is 5.75 Å². The molecule has 1 spiro atoms. The van der Waals surface area contributed by atoms with Gasteiger partial charge in [-0.3, -0.25) is 9.59 Å². The molecule has 0 radical (unpaired) electrons. The average Bonchev–Trinajstić information content (AvgIpc) is 3.04. The Labute approximate surface area is 254 Å². The molecule has 0 aromatic heterocycles. The summed E-state index contributed by atoms with van der Waals surface area (Å²) in [7, 11) is 3.30. The van der Waals surface area contributed by atoms with E-state index in [1.807, 2.05) is 37.3 Å². The standard InChI is InChI=1S/C30H35BrFN3O5.ClH/c1-4-23(33-2)28(36)34-27-29(37)35(17-21-20-10-9-19(31)16-18(20)8-11-25(21)38-3)24-7-5-6-22(32)26(24)40-30(27)12-14-39-15-13-30;/h6,8-11,16,23,27,33H,4-5,7,12-15,17H2,1-3H3,(H,34,36);1H/t23-,27+;/m0./s1. The van der Waals surface area contributed by atoms with Crippen molar-refractivity contribution in [3.05, 3.63) is 63.7 Å². The predicted octanol–water partition coefficient (Wildman–Crippen LogP) is 5.28. The first-order chi connectivity index (χ1) is 19.3. The van der Waals surface area contributed by atoms with E-state index < -0.39 is 23.5 Å². The Hall–Kier alpha value is -2.66. The van der Waals surface area contributed by atoms with Gasteiger partial charge in [0.1, 0.15) is 17.4 Å². The number of fused-ring (bicyclic) bond motifs is 1. The SMILES string of the molecule is CC[C@H](NC)C(=O)N[C@@H]1C(=O)N(Cc2c(OC)ccc3cc(Br)ccc23)C2=C(OC13CCOCC3)C(F)=CCC2.Cl. The summed E-state index contributed by atoms with van der Waals surface area (Å²) in [6, 6.07) is 8.22. The molecule has 2 heterocycles. The minimum absolute atomic E-state index is 0. The van der Waals surface area contributed by atoms with E-state index in [0.29, 0.717) is 56.8 Å². The molecule has 2 aromatic carbocycles. The fourth-order valence-electron chi connectivity index (χ4n) is 5.92. The molecule has 3 aliphatic rings. The monoisotopic (exact) mass is 651 g/mol. The molecule has 2 aliphatic heterocycles. The van der Waals surface area contributed by atoms with Gasteiger partial charge in [0.25, 0.3) is 5.91 Å². The van der Waals surface area contributed by atoms with Gasteiger partial charge in [0.2, 0.25) is 5.91 Å². The van der Waals surface area contributed by atoms with E-state index in [4.69, 9.17) is 14.2 Å². The van der Waals surface area contributed by atoms with Gasteiger partial charge in [0.05, 0.1) is 38.6 Å². The zero-order valence-electron chi connectivity index (χ0n) is 23.4. The van der Waals surface area contributed by atoms with Crippen LogP contribution in [0.3, 0.4) is 0 Å². The number of nitrogens with zero attached hydrogens (tertiary/aromatic N) is 1. The molecule has 11 heteroatoms. The maximum atomic E-state index is 15.5. The predicted molar refractivity (Wildman–Crippen MR) is 160 cm³/mol. The van der Waals surface area contributed by atoms with Crippen molar-refractivity contribution in [2.45, 2.75) is 63.3 Å². The molecular weight excluding hydrogens is 617 g/mol. The van der Waals surface area contributed by atoms with Crippen LogP contribution in [0.15, 0.2) is 58.2 Å². The number of methoxy groups -OCH3 is 1. The number of halogens is 3. The molecule has 0 unspecified atom stereocenters. The van der Waals surface area contributed by atoms with E-state index in [-0.39, 0.29) is 36.5 Å². The number of nitrogens with one attached hydrogen (secondary N) is 2. The lowest BCUT2D eigenvalue weighted by atomic mass is 9.84. The number of hydrogen-bond donors (Lipinski definition) is 2. The van der Waals surface area contributed by atoms with Crippen LogP contribution in [0, 0.1) is 0 Å². The fourth-order valence-corrected chi connectivity index (χ4v) is 6.30. The number of carbonyl (C=O) groups excluding carboxylic acids is 2. The van der Waals surface area contributed by atoms with Crippen molar-refractivity contribution in [2.24, 2.45) is 0 Å². The van der Waals surface area contributed by atoms with Gasteiger partial charge < -0.3 is 29.7 Å². The van der Waals surface area contributed by atoms with Crippen LogP contribution in [0.1, 0.15) is 44.6 Å². The molecule has 2 N–H and O–H groups in total. The molecule has 0 bridgehead atoms. The largest absolute Gasteiger partial charge is 0.496 e. The number of likely N-dealkylation sites (N-methyl/N-ethyl adjacent to an activating group) is 1. The number of allylic oxidation sites excluding steroid dienone is 3. The van der Waals surface area contributed by atoms with Crippen LogP contribution in [0.2, 0.25) is 0 Å². The molecule has 1 saturated heterocycles. The molecule has 41 heavy (non-hydrogen) atoms. The summed E-state index contributed by atoms with van der Waals surface area (Å²) in [5, 5.41) is 7.90. The molecular formula is C30H36BrClFN3O5. The maximum Gasteiger partial charge on any atom is 0.253 e. The lowest BCUT2D eigenvalue weighted by Crippen LogP contribution is -2.63. The molecule has 2 aromatic rings. The Kier molecular flexibility index (Phi) is 10.00. The summed E-state index contributed by atoms with van der Waals surface area (Å²) < 4.78 is 34.3. The summed E-state index contributed by atoms with van der Waals surface area (Å²) in [6.45, 7) is 2.69. The van der Waals surface area contributed by atoms with Crippen molar-refractivity contribution in [2.75, 3.05) is 27.4 Å². The summed E-state index contributed by atoms with van der Waals surface area (Å²) in [5.41, 5.74) is 0.115. The van der Waals surface area contributed by atoms with Gasteiger partial charge in [-0.1, -0.05) is 35.0 Å². The van der Waals surface area contributed by atoms with E-state index in [1.165, 1.54) is 6.08 Å². The van der Waals surface area contributed by atoms with Crippen molar-refractivity contribution < 1.29 is 28.2 Å². The number of hydrogen-bond acceptors (Lipinski definition) is 6. The van der Waals surface area contributed by atoms with Crippen LogP contribution in [-0.2, 0) is 25.6 Å². The normalized spacial score (nSPS) is 20.9. The van der Waals surface area contributed by atoms with Crippen molar-refractivity contribution >= 4 is 50.9 Å². The Morgan fingerprint density at radius 3 is 2.71 bits per heavy atom. The van der Waals surface area contributed by atoms with Crippen molar-refractivity contribution in [1.29, 1.82) is 0 Å².